The van der Waals surface area contributed by atoms with E-state index in [1.165, 1.54) is 30.2 Å². The number of hydrogen-bond acceptors (Lipinski definition) is 2. The minimum Gasteiger partial charge on any atom is -0.324 e. The normalized spacial score (nSPS) is 30.3. The van der Waals surface area contributed by atoms with Crippen LogP contribution in [0.2, 0.25) is 0 Å². The Balaban J connectivity index is 1.65. The molecule has 2 N–H and O–H groups in total. The minimum absolute atomic E-state index is 0.207. The first-order chi connectivity index (χ1) is 9.20. The van der Waals surface area contributed by atoms with Crippen LogP contribution in [0.1, 0.15) is 36.6 Å². The highest BCUT2D eigenvalue weighted by molar-refractivity contribution is 5.79. The second kappa shape index (κ2) is 4.04. The average Bonchev–Trinajstić information content (AvgIpc) is 3.04. The predicted octanol–water partition coefficient (Wildman–Crippen LogP) is 3.59. The lowest BCUT2D eigenvalue weighted by molar-refractivity contribution is 0.404. The van der Waals surface area contributed by atoms with Crippen LogP contribution in [0.25, 0.3) is 10.9 Å². The van der Waals surface area contributed by atoms with Gasteiger partial charge < -0.3 is 5.73 Å². The highest BCUT2D eigenvalue weighted by Gasteiger charge is 2.47. The number of fused-ring (bicyclic) bond motifs is 2. The van der Waals surface area contributed by atoms with Crippen LogP contribution in [0.4, 0.5) is 0 Å². The smallest absolute Gasteiger partial charge is 0.0705 e. The second-order valence-electron chi connectivity index (χ2n) is 6.42. The first-order valence-corrected chi connectivity index (χ1v) is 7.33. The van der Waals surface area contributed by atoms with E-state index in [0.29, 0.717) is 5.92 Å². The van der Waals surface area contributed by atoms with Crippen LogP contribution in [0.3, 0.4) is 0 Å². The first-order valence-electron chi connectivity index (χ1n) is 7.33. The third kappa shape index (κ3) is 1.95. The maximum absolute atomic E-state index is 6.48. The summed E-state index contributed by atoms with van der Waals surface area (Å²) in [6, 6.07) is 11.0. The van der Waals surface area contributed by atoms with Gasteiger partial charge >= 0.3 is 0 Å². The summed E-state index contributed by atoms with van der Waals surface area (Å²) >= 11 is 0. The fourth-order valence-corrected chi connectivity index (χ4v) is 3.78. The predicted molar refractivity (Wildman–Crippen MR) is 77.7 cm³/mol. The fraction of sp³-hybridized carbons (Fsp3) is 0.471. The second-order valence-corrected chi connectivity index (χ2v) is 6.42. The van der Waals surface area contributed by atoms with E-state index in [2.05, 4.69) is 35.3 Å². The standard InChI is InChI=1S/C17H20N2/c1-10-2-3-11-6-12(4-5-16(11)19-10)17(18)15-8-13-7-14(13)9-15/h2-6,13-15,17H,7-9,18H2,1H3. The lowest BCUT2D eigenvalue weighted by Crippen LogP contribution is -2.20. The summed E-state index contributed by atoms with van der Waals surface area (Å²) in [5.41, 5.74) is 9.91. The molecule has 2 fully saturated rings. The zero-order valence-electron chi connectivity index (χ0n) is 11.3. The van der Waals surface area contributed by atoms with Gasteiger partial charge in [0, 0.05) is 17.1 Å². The van der Waals surface area contributed by atoms with Crippen LogP contribution in [-0.2, 0) is 0 Å². The summed E-state index contributed by atoms with van der Waals surface area (Å²) < 4.78 is 0. The Bertz CT molecular complexity index is 624. The Morgan fingerprint density at radius 3 is 2.68 bits per heavy atom. The molecule has 0 radical (unpaired) electrons. The number of rotatable bonds is 2. The van der Waals surface area contributed by atoms with Crippen LogP contribution in [-0.4, -0.2) is 4.98 Å². The topological polar surface area (TPSA) is 38.9 Å². The summed E-state index contributed by atoms with van der Waals surface area (Å²) in [6.07, 6.45) is 4.15. The van der Waals surface area contributed by atoms with E-state index < -0.39 is 0 Å². The molecule has 98 valence electrons. The molecule has 19 heavy (non-hydrogen) atoms. The van der Waals surface area contributed by atoms with Gasteiger partial charge in [-0.25, -0.2) is 0 Å². The Labute approximate surface area is 114 Å². The number of pyridine rings is 1. The Morgan fingerprint density at radius 2 is 1.89 bits per heavy atom. The number of benzene rings is 1. The largest absolute Gasteiger partial charge is 0.324 e. The van der Waals surface area contributed by atoms with Gasteiger partial charge in [0.25, 0.3) is 0 Å². The lowest BCUT2D eigenvalue weighted by Gasteiger charge is -2.21. The van der Waals surface area contributed by atoms with Crippen molar-refractivity contribution in [3.8, 4) is 0 Å². The van der Waals surface area contributed by atoms with Gasteiger partial charge in [-0.2, -0.15) is 0 Å². The molecule has 3 unspecified atom stereocenters. The number of hydrogen-bond donors (Lipinski definition) is 1. The molecule has 2 aliphatic rings. The molecule has 2 saturated carbocycles. The fourth-order valence-electron chi connectivity index (χ4n) is 3.78. The molecule has 1 aromatic heterocycles. The molecular weight excluding hydrogens is 232 g/mol. The summed E-state index contributed by atoms with van der Waals surface area (Å²) in [5, 5.41) is 1.21. The maximum Gasteiger partial charge on any atom is 0.0705 e. The average molecular weight is 252 g/mol. The van der Waals surface area contributed by atoms with Gasteiger partial charge in [-0.3, -0.25) is 4.98 Å². The van der Waals surface area contributed by atoms with E-state index in [1.54, 1.807) is 0 Å². The molecule has 4 rings (SSSR count). The van der Waals surface area contributed by atoms with Crippen molar-refractivity contribution in [2.45, 2.75) is 32.2 Å². The molecule has 2 aromatic rings. The van der Waals surface area contributed by atoms with Gasteiger partial charge in [-0.05, 0) is 67.7 Å². The van der Waals surface area contributed by atoms with Gasteiger partial charge in [-0.1, -0.05) is 12.1 Å². The highest BCUT2D eigenvalue weighted by atomic mass is 14.7. The van der Waals surface area contributed by atoms with Gasteiger partial charge in [0.1, 0.15) is 0 Å². The van der Waals surface area contributed by atoms with Crippen molar-refractivity contribution in [1.82, 2.24) is 4.98 Å². The maximum atomic E-state index is 6.48. The summed E-state index contributed by atoms with van der Waals surface area (Å²) in [6.45, 7) is 2.03. The molecule has 2 heteroatoms. The first kappa shape index (κ1) is 11.4. The van der Waals surface area contributed by atoms with Crippen molar-refractivity contribution in [3.63, 3.8) is 0 Å². The molecule has 3 atom stereocenters. The molecule has 0 bridgehead atoms. The van der Waals surface area contributed by atoms with Crippen LogP contribution in [0, 0.1) is 24.7 Å². The summed E-state index contributed by atoms with van der Waals surface area (Å²) in [4.78, 5) is 4.55. The van der Waals surface area contributed by atoms with E-state index >= 15 is 0 Å². The summed E-state index contributed by atoms with van der Waals surface area (Å²) in [5.74, 6) is 2.70. The van der Waals surface area contributed by atoms with Crippen molar-refractivity contribution >= 4 is 10.9 Å². The number of nitrogens with two attached hydrogens (primary N) is 1. The quantitative estimate of drug-likeness (QED) is 0.887. The minimum atomic E-state index is 0.207. The van der Waals surface area contributed by atoms with E-state index in [-0.39, 0.29) is 6.04 Å². The molecule has 0 aliphatic heterocycles. The van der Waals surface area contributed by atoms with Crippen molar-refractivity contribution in [1.29, 1.82) is 0 Å². The number of aromatic nitrogens is 1. The van der Waals surface area contributed by atoms with Gasteiger partial charge in [-0.15, -0.1) is 0 Å². The highest BCUT2D eigenvalue weighted by Crippen LogP contribution is 2.56. The molecule has 0 saturated heterocycles. The van der Waals surface area contributed by atoms with Crippen molar-refractivity contribution in [2.24, 2.45) is 23.5 Å². The Morgan fingerprint density at radius 1 is 1.11 bits per heavy atom. The van der Waals surface area contributed by atoms with Crippen LogP contribution >= 0.6 is 0 Å². The monoisotopic (exact) mass is 252 g/mol. The molecule has 1 aromatic carbocycles. The molecular formula is C17H20N2. The van der Waals surface area contributed by atoms with E-state index in [9.17, 15) is 0 Å². The zero-order chi connectivity index (χ0) is 13.0. The van der Waals surface area contributed by atoms with Crippen molar-refractivity contribution in [2.75, 3.05) is 0 Å². The van der Waals surface area contributed by atoms with Crippen LogP contribution in [0.5, 0.6) is 0 Å². The summed E-state index contributed by atoms with van der Waals surface area (Å²) in [7, 11) is 0. The van der Waals surface area contributed by atoms with Crippen LogP contribution in [0.15, 0.2) is 30.3 Å². The number of aryl methyl sites for hydroxylation is 1. The van der Waals surface area contributed by atoms with Crippen molar-refractivity contribution in [3.05, 3.63) is 41.6 Å². The zero-order valence-corrected chi connectivity index (χ0v) is 11.3. The molecule has 0 amide bonds. The van der Waals surface area contributed by atoms with Gasteiger partial charge in [0.2, 0.25) is 0 Å². The lowest BCUT2D eigenvalue weighted by atomic mass is 9.89. The Hall–Kier alpha value is -1.41. The SMILES string of the molecule is Cc1ccc2cc(C(N)C3CC4CC4C3)ccc2n1. The molecule has 2 nitrogen and oxygen atoms in total. The third-order valence-corrected chi connectivity index (χ3v) is 5.03. The number of nitrogens with zero attached hydrogens (tertiary/aromatic N) is 1. The van der Waals surface area contributed by atoms with E-state index in [1.807, 2.05) is 6.92 Å². The Kier molecular flexibility index (Phi) is 2.43. The van der Waals surface area contributed by atoms with E-state index in [4.69, 9.17) is 5.73 Å². The molecule has 0 spiro atoms. The van der Waals surface area contributed by atoms with Crippen LogP contribution < -0.4 is 5.73 Å². The van der Waals surface area contributed by atoms with Crippen molar-refractivity contribution < 1.29 is 0 Å². The van der Waals surface area contributed by atoms with Gasteiger partial charge in [0.15, 0.2) is 0 Å². The van der Waals surface area contributed by atoms with E-state index in [0.717, 1.165) is 23.0 Å². The molecule has 2 aliphatic carbocycles. The third-order valence-electron chi connectivity index (χ3n) is 5.03. The van der Waals surface area contributed by atoms with Gasteiger partial charge in [0.05, 0.1) is 5.52 Å². The molecule has 1 heterocycles.